The minimum atomic E-state index is -1.67. The molecule has 0 aliphatic rings. The maximum Gasteiger partial charge on any atom is 0.111 e. The number of rotatable bonds is 9. The molecule has 7 atom stereocenters. The third-order valence-corrected chi connectivity index (χ3v) is 2.68. The topological polar surface area (TPSA) is 223 Å². The Morgan fingerprint density at radius 3 is 0.727 bits per heavy atom. The van der Waals surface area contributed by atoms with E-state index in [0.29, 0.717) is 0 Å². The van der Waals surface area contributed by atoms with Crippen LogP contribution in [0.1, 0.15) is 0 Å². The lowest BCUT2D eigenvalue weighted by Crippen LogP contribution is -2.46. The Labute approximate surface area is 126 Å². The highest BCUT2D eigenvalue weighted by Crippen LogP contribution is 2.04. The zero-order valence-electron chi connectivity index (χ0n) is 11.8. The molecule has 0 spiro atoms. The van der Waals surface area contributed by atoms with Gasteiger partial charge in [-0.25, -0.2) is 0 Å². The van der Waals surface area contributed by atoms with Gasteiger partial charge in [0.25, 0.3) is 0 Å². The molecule has 0 unspecified atom stereocenters. The number of hydrogen-bond donors (Lipinski definition) is 11. The molecule has 136 valence electrons. The second-order valence-electron chi connectivity index (χ2n) is 4.47. The van der Waals surface area contributed by atoms with Crippen molar-refractivity contribution < 1.29 is 56.2 Å². The van der Waals surface area contributed by atoms with Crippen molar-refractivity contribution in [1.29, 1.82) is 0 Å². The van der Waals surface area contributed by atoms with Crippen molar-refractivity contribution in [3.63, 3.8) is 0 Å². The summed E-state index contributed by atoms with van der Waals surface area (Å²) >= 11 is 0. The van der Waals surface area contributed by atoms with Gasteiger partial charge in [-0.05, 0) is 0 Å². The van der Waals surface area contributed by atoms with Gasteiger partial charge < -0.3 is 56.2 Å². The van der Waals surface area contributed by atoms with Gasteiger partial charge in [0.15, 0.2) is 0 Å². The molecule has 0 bridgehead atoms. The molecule has 0 fully saturated rings. The normalized spacial score (nSPS) is 20.9. The summed E-state index contributed by atoms with van der Waals surface area (Å²) in [4.78, 5) is 0. The van der Waals surface area contributed by atoms with Crippen LogP contribution in [-0.2, 0) is 0 Å². The number of hydrogen-bond acceptors (Lipinski definition) is 11. The van der Waals surface area contributed by atoms with Crippen LogP contribution in [0.5, 0.6) is 0 Å². The van der Waals surface area contributed by atoms with Crippen molar-refractivity contribution in [1.82, 2.24) is 0 Å². The zero-order chi connectivity index (χ0) is 17.9. The molecule has 0 radical (unpaired) electrons. The lowest BCUT2D eigenvalue weighted by Gasteiger charge is -2.24. The largest absolute Gasteiger partial charge is 0.394 e. The average Bonchev–Trinajstić information content (AvgIpc) is 2.56. The molecule has 22 heavy (non-hydrogen) atoms. The molecule has 0 rings (SSSR count). The second kappa shape index (κ2) is 13.0. The summed E-state index contributed by atoms with van der Waals surface area (Å²) < 4.78 is 0. The van der Waals surface area contributed by atoms with E-state index in [1.165, 1.54) is 0 Å². The van der Waals surface area contributed by atoms with Crippen LogP contribution in [0.4, 0.5) is 0 Å². The molecule has 11 nitrogen and oxygen atoms in total. The van der Waals surface area contributed by atoms with E-state index in [-0.39, 0.29) is 0 Å². The molecule has 0 aliphatic carbocycles. The summed E-state index contributed by atoms with van der Waals surface area (Å²) in [6.07, 6.45) is -10.7. The summed E-state index contributed by atoms with van der Waals surface area (Å²) in [7, 11) is 0. The van der Waals surface area contributed by atoms with E-state index in [9.17, 15) is 0 Å². The van der Waals surface area contributed by atoms with E-state index in [1.807, 2.05) is 0 Å². The van der Waals surface area contributed by atoms with E-state index in [2.05, 4.69) is 0 Å². The first-order chi connectivity index (χ1) is 10.2. The molecular formula is C11H26O11. The van der Waals surface area contributed by atoms with Crippen molar-refractivity contribution in [2.75, 3.05) is 26.4 Å². The smallest absolute Gasteiger partial charge is 0.111 e. The van der Waals surface area contributed by atoms with Crippen molar-refractivity contribution in [3.8, 4) is 0 Å². The van der Waals surface area contributed by atoms with Crippen molar-refractivity contribution in [2.45, 2.75) is 42.7 Å². The fraction of sp³-hybridized carbons (Fsp3) is 1.00. The van der Waals surface area contributed by atoms with Crippen molar-refractivity contribution >= 4 is 0 Å². The van der Waals surface area contributed by atoms with E-state index in [4.69, 9.17) is 56.2 Å². The van der Waals surface area contributed by atoms with Crippen LogP contribution in [0.15, 0.2) is 0 Å². The van der Waals surface area contributed by atoms with Gasteiger partial charge >= 0.3 is 0 Å². The van der Waals surface area contributed by atoms with Gasteiger partial charge in [-0.1, -0.05) is 0 Å². The van der Waals surface area contributed by atoms with Crippen LogP contribution in [0.2, 0.25) is 0 Å². The molecule has 0 aromatic carbocycles. The molecule has 0 amide bonds. The van der Waals surface area contributed by atoms with Gasteiger partial charge in [0.2, 0.25) is 0 Å². The molecule has 0 saturated heterocycles. The minimum Gasteiger partial charge on any atom is -0.394 e. The quantitative estimate of drug-likeness (QED) is 0.190. The summed E-state index contributed by atoms with van der Waals surface area (Å²) in [6, 6.07) is 0. The highest BCUT2D eigenvalue weighted by Gasteiger charge is 2.29. The van der Waals surface area contributed by atoms with Crippen LogP contribution in [0, 0.1) is 0 Å². The van der Waals surface area contributed by atoms with Gasteiger partial charge in [0, 0.05) is 0 Å². The first-order valence-corrected chi connectivity index (χ1v) is 6.37. The van der Waals surface area contributed by atoms with Crippen molar-refractivity contribution in [2.24, 2.45) is 0 Å². The predicted octanol–water partition coefficient (Wildman–Crippen LogP) is -6.53. The van der Waals surface area contributed by atoms with E-state index in [1.54, 1.807) is 0 Å². The molecule has 11 heteroatoms. The highest BCUT2D eigenvalue weighted by atomic mass is 16.4. The molecule has 0 heterocycles. The Balaban J connectivity index is 0. The number of aliphatic hydroxyl groups excluding tert-OH is 11. The summed E-state index contributed by atoms with van der Waals surface area (Å²) in [5, 5.41) is 94.8. The average molecular weight is 334 g/mol. The van der Waals surface area contributed by atoms with Gasteiger partial charge in [-0.2, -0.15) is 0 Å². The Morgan fingerprint density at radius 2 is 0.545 bits per heavy atom. The molecular weight excluding hydrogens is 308 g/mol. The third-order valence-electron chi connectivity index (χ3n) is 2.68. The maximum atomic E-state index is 8.96. The fourth-order valence-corrected chi connectivity index (χ4v) is 1.14. The minimum absolute atomic E-state index is 0.641. The molecule has 0 aromatic rings. The zero-order valence-corrected chi connectivity index (χ0v) is 11.8. The Hall–Kier alpha value is -0.440. The summed E-state index contributed by atoms with van der Waals surface area (Å²) in [5.41, 5.74) is 0. The fourth-order valence-electron chi connectivity index (χ4n) is 1.14. The monoisotopic (exact) mass is 334 g/mol. The standard InChI is InChI=1S/C6H14O6.C5H12O5/c7-1-3(9)5(11)6(12)4(10)2-8;6-1-3(8)5(10)4(9)2-7/h3-12H,1-2H2;3-10H,1-2H2/t3-,4+,5+,6-;3-,4+,5+. The highest BCUT2D eigenvalue weighted by molar-refractivity contribution is 4.79. The SMILES string of the molecule is OC[C@@H](O)[C@H](O)[C@@H](O)CO.OC[C@@H](O)[C@H](O)[C@H](O)[C@@H](O)CO. The maximum absolute atomic E-state index is 8.96. The first kappa shape index (κ1) is 23.8. The van der Waals surface area contributed by atoms with E-state index in [0.717, 1.165) is 0 Å². The van der Waals surface area contributed by atoms with Gasteiger partial charge in [-0.3, -0.25) is 0 Å². The van der Waals surface area contributed by atoms with E-state index < -0.39 is 69.2 Å². The van der Waals surface area contributed by atoms with Gasteiger partial charge in [-0.15, -0.1) is 0 Å². The Bertz CT molecular complexity index is 230. The van der Waals surface area contributed by atoms with Crippen molar-refractivity contribution in [3.05, 3.63) is 0 Å². The first-order valence-electron chi connectivity index (χ1n) is 6.37. The third kappa shape index (κ3) is 8.87. The lowest BCUT2D eigenvalue weighted by atomic mass is 10.0. The second-order valence-corrected chi connectivity index (χ2v) is 4.47. The molecule has 0 aliphatic heterocycles. The Morgan fingerprint density at radius 1 is 0.364 bits per heavy atom. The molecule has 11 N–H and O–H groups in total. The predicted molar refractivity (Wildman–Crippen MR) is 70.4 cm³/mol. The van der Waals surface area contributed by atoms with E-state index >= 15 is 0 Å². The van der Waals surface area contributed by atoms with Gasteiger partial charge in [0.1, 0.15) is 42.7 Å². The van der Waals surface area contributed by atoms with Gasteiger partial charge in [0.05, 0.1) is 26.4 Å². The number of aliphatic hydroxyl groups is 11. The Kier molecular flexibility index (Phi) is 14.1. The lowest BCUT2D eigenvalue weighted by molar-refractivity contribution is -0.123. The van der Waals surface area contributed by atoms with Crippen LogP contribution < -0.4 is 0 Å². The van der Waals surface area contributed by atoms with Crippen LogP contribution in [0.25, 0.3) is 0 Å². The van der Waals surface area contributed by atoms with Crippen LogP contribution in [-0.4, -0.2) is 125 Å². The molecule has 0 saturated carbocycles. The summed E-state index contributed by atoms with van der Waals surface area (Å²) in [6.45, 7) is -2.73. The van der Waals surface area contributed by atoms with Crippen LogP contribution in [0.3, 0.4) is 0 Å². The molecule has 0 aromatic heterocycles. The summed E-state index contributed by atoms with van der Waals surface area (Å²) in [5.74, 6) is 0. The van der Waals surface area contributed by atoms with Crippen LogP contribution >= 0.6 is 0 Å².